The van der Waals surface area contributed by atoms with Crippen molar-refractivity contribution in [1.29, 1.82) is 0 Å². The molecule has 0 spiro atoms. The summed E-state index contributed by atoms with van der Waals surface area (Å²) in [6.07, 6.45) is 0.157. The third-order valence-electron chi connectivity index (χ3n) is 4.69. The predicted molar refractivity (Wildman–Crippen MR) is 110 cm³/mol. The summed E-state index contributed by atoms with van der Waals surface area (Å²) in [4.78, 5) is 27.7. The zero-order valence-corrected chi connectivity index (χ0v) is 16.1. The van der Waals surface area contributed by atoms with Crippen LogP contribution in [0.3, 0.4) is 0 Å². The molecule has 1 unspecified atom stereocenters. The van der Waals surface area contributed by atoms with Crippen LogP contribution in [0.1, 0.15) is 26.3 Å². The average molecular weight is 387 g/mol. The second-order valence-electron chi connectivity index (χ2n) is 6.89. The largest absolute Gasteiger partial charge is 0.491 e. The fraction of sp³-hybridized carbons (Fsp3) is 0.167. The molecule has 0 bridgehead atoms. The Kier molecular flexibility index (Phi) is 5.40. The van der Waals surface area contributed by atoms with Crippen LogP contribution in [-0.4, -0.2) is 31.1 Å². The molecule has 5 nitrogen and oxygen atoms in total. The standard InChI is InChI=1S/C24H21NO4/c1-17-14-20(12-13-22(17)29-16-21-15-28-21)25(23(26)18-8-4-2-5-9-18)24(27)19-10-6-3-7-11-19/h2-14,21H,15-16H2,1H3. The minimum Gasteiger partial charge on any atom is -0.491 e. The van der Waals surface area contributed by atoms with Gasteiger partial charge in [0.1, 0.15) is 18.5 Å². The number of carbonyl (C=O) groups excluding carboxylic acids is 2. The highest BCUT2D eigenvalue weighted by Crippen LogP contribution is 2.28. The number of anilines is 1. The fourth-order valence-corrected chi connectivity index (χ4v) is 3.03. The molecule has 146 valence electrons. The predicted octanol–water partition coefficient (Wildman–Crippen LogP) is 4.26. The molecule has 0 radical (unpaired) electrons. The van der Waals surface area contributed by atoms with Crippen LogP contribution in [0.25, 0.3) is 0 Å². The number of hydrogen-bond acceptors (Lipinski definition) is 4. The van der Waals surface area contributed by atoms with Crippen molar-refractivity contribution in [2.24, 2.45) is 0 Å². The molecule has 1 heterocycles. The monoisotopic (exact) mass is 387 g/mol. The van der Waals surface area contributed by atoms with Gasteiger partial charge in [0.15, 0.2) is 0 Å². The molecule has 1 atom stereocenters. The zero-order chi connectivity index (χ0) is 20.2. The number of imide groups is 1. The summed E-state index contributed by atoms with van der Waals surface area (Å²) in [7, 11) is 0. The van der Waals surface area contributed by atoms with Gasteiger partial charge in [-0.3, -0.25) is 9.59 Å². The lowest BCUT2D eigenvalue weighted by molar-refractivity contribution is 0.0897. The SMILES string of the molecule is Cc1cc(N(C(=O)c2ccccc2)C(=O)c2ccccc2)ccc1OCC1CO1. The van der Waals surface area contributed by atoms with Gasteiger partial charge in [0.05, 0.1) is 12.3 Å². The Bertz CT molecular complexity index is 962. The van der Waals surface area contributed by atoms with Crippen molar-refractivity contribution >= 4 is 17.5 Å². The second kappa shape index (κ2) is 8.29. The first-order chi connectivity index (χ1) is 14.1. The van der Waals surface area contributed by atoms with E-state index in [4.69, 9.17) is 9.47 Å². The molecule has 1 fully saturated rings. The van der Waals surface area contributed by atoms with Gasteiger partial charge in [-0.2, -0.15) is 0 Å². The van der Waals surface area contributed by atoms with E-state index in [-0.39, 0.29) is 17.9 Å². The van der Waals surface area contributed by atoms with E-state index in [1.807, 2.05) is 19.1 Å². The number of carbonyl (C=O) groups is 2. The van der Waals surface area contributed by atoms with Crippen molar-refractivity contribution in [1.82, 2.24) is 0 Å². The van der Waals surface area contributed by atoms with Gasteiger partial charge in [-0.25, -0.2) is 4.90 Å². The van der Waals surface area contributed by atoms with Crippen molar-refractivity contribution in [3.05, 3.63) is 95.6 Å². The van der Waals surface area contributed by atoms with Crippen LogP contribution in [0.4, 0.5) is 5.69 Å². The van der Waals surface area contributed by atoms with Gasteiger partial charge in [0.2, 0.25) is 0 Å². The number of ether oxygens (including phenoxy) is 2. The number of aryl methyl sites for hydroxylation is 1. The highest BCUT2D eigenvalue weighted by atomic mass is 16.6. The Morgan fingerprint density at radius 1 is 0.931 bits per heavy atom. The first-order valence-corrected chi connectivity index (χ1v) is 9.47. The van der Waals surface area contributed by atoms with Crippen LogP contribution >= 0.6 is 0 Å². The summed E-state index contributed by atoms with van der Waals surface area (Å²) in [6.45, 7) is 3.11. The molecular weight excluding hydrogens is 366 g/mol. The van der Waals surface area contributed by atoms with Gasteiger partial charge in [-0.1, -0.05) is 36.4 Å². The normalized spacial score (nSPS) is 14.9. The van der Waals surface area contributed by atoms with E-state index in [0.717, 1.165) is 12.2 Å². The van der Waals surface area contributed by atoms with Gasteiger partial charge in [-0.05, 0) is 55.0 Å². The Balaban J connectivity index is 1.68. The van der Waals surface area contributed by atoms with Crippen molar-refractivity contribution in [2.75, 3.05) is 18.1 Å². The third-order valence-corrected chi connectivity index (χ3v) is 4.69. The average Bonchev–Trinajstić information content (AvgIpc) is 3.59. The van der Waals surface area contributed by atoms with Crippen LogP contribution in [0, 0.1) is 6.92 Å². The van der Waals surface area contributed by atoms with Gasteiger partial charge < -0.3 is 9.47 Å². The van der Waals surface area contributed by atoms with Crippen molar-refractivity contribution in [3.8, 4) is 5.75 Å². The summed E-state index contributed by atoms with van der Waals surface area (Å²) in [6, 6.07) is 22.9. The third kappa shape index (κ3) is 4.36. The van der Waals surface area contributed by atoms with Gasteiger partial charge >= 0.3 is 0 Å². The molecule has 5 heteroatoms. The van der Waals surface area contributed by atoms with Crippen molar-refractivity contribution in [2.45, 2.75) is 13.0 Å². The van der Waals surface area contributed by atoms with Crippen LogP contribution in [0.15, 0.2) is 78.9 Å². The zero-order valence-electron chi connectivity index (χ0n) is 16.1. The number of amides is 2. The van der Waals surface area contributed by atoms with E-state index in [9.17, 15) is 9.59 Å². The van der Waals surface area contributed by atoms with Crippen molar-refractivity contribution in [3.63, 3.8) is 0 Å². The molecule has 0 N–H and O–H groups in total. The Hall–Kier alpha value is -3.44. The van der Waals surface area contributed by atoms with Crippen LogP contribution in [0.5, 0.6) is 5.75 Å². The summed E-state index contributed by atoms with van der Waals surface area (Å²) >= 11 is 0. The number of epoxide rings is 1. The molecule has 1 aliphatic heterocycles. The number of hydrogen-bond donors (Lipinski definition) is 0. The van der Waals surface area contributed by atoms with E-state index in [1.54, 1.807) is 66.7 Å². The van der Waals surface area contributed by atoms with E-state index in [1.165, 1.54) is 4.90 Å². The molecule has 4 rings (SSSR count). The van der Waals surface area contributed by atoms with E-state index < -0.39 is 0 Å². The maximum Gasteiger partial charge on any atom is 0.265 e. The van der Waals surface area contributed by atoms with Crippen LogP contribution < -0.4 is 9.64 Å². The summed E-state index contributed by atoms with van der Waals surface area (Å²) in [5, 5.41) is 0. The smallest absolute Gasteiger partial charge is 0.265 e. The summed E-state index contributed by atoms with van der Waals surface area (Å²) in [5.41, 5.74) is 2.23. The number of benzene rings is 3. The molecule has 0 saturated carbocycles. The molecule has 29 heavy (non-hydrogen) atoms. The number of rotatable bonds is 6. The lowest BCUT2D eigenvalue weighted by atomic mass is 10.1. The van der Waals surface area contributed by atoms with Gasteiger partial charge in [0, 0.05) is 11.1 Å². The van der Waals surface area contributed by atoms with E-state index >= 15 is 0 Å². The summed E-state index contributed by atoms with van der Waals surface area (Å²) < 4.78 is 10.9. The lowest BCUT2D eigenvalue weighted by Gasteiger charge is -2.22. The molecule has 3 aromatic carbocycles. The van der Waals surface area contributed by atoms with E-state index in [0.29, 0.717) is 29.2 Å². The molecule has 1 saturated heterocycles. The lowest BCUT2D eigenvalue weighted by Crippen LogP contribution is -2.37. The topological polar surface area (TPSA) is 59.1 Å². The minimum absolute atomic E-state index is 0.157. The quantitative estimate of drug-likeness (QED) is 0.468. The highest BCUT2D eigenvalue weighted by molar-refractivity contribution is 6.25. The van der Waals surface area contributed by atoms with Crippen LogP contribution in [0.2, 0.25) is 0 Å². The Labute approximate surface area is 169 Å². The maximum atomic E-state index is 13.2. The number of nitrogens with zero attached hydrogens (tertiary/aromatic N) is 1. The second-order valence-corrected chi connectivity index (χ2v) is 6.89. The Morgan fingerprint density at radius 2 is 1.48 bits per heavy atom. The van der Waals surface area contributed by atoms with E-state index in [2.05, 4.69) is 0 Å². The van der Waals surface area contributed by atoms with Gasteiger partial charge in [-0.15, -0.1) is 0 Å². The fourth-order valence-electron chi connectivity index (χ4n) is 3.03. The molecule has 0 aromatic heterocycles. The molecular formula is C24H21NO4. The van der Waals surface area contributed by atoms with Gasteiger partial charge in [0.25, 0.3) is 11.8 Å². The molecule has 1 aliphatic rings. The molecule has 3 aromatic rings. The first kappa shape index (κ1) is 18.9. The summed E-state index contributed by atoms with van der Waals surface area (Å²) in [5.74, 6) is -0.0404. The maximum absolute atomic E-state index is 13.2. The molecule has 0 aliphatic carbocycles. The molecule has 2 amide bonds. The van der Waals surface area contributed by atoms with Crippen LogP contribution in [-0.2, 0) is 4.74 Å². The van der Waals surface area contributed by atoms with Crippen molar-refractivity contribution < 1.29 is 19.1 Å². The highest BCUT2D eigenvalue weighted by Gasteiger charge is 2.27. The minimum atomic E-state index is -0.376. The first-order valence-electron chi connectivity index (χ1n) is 9.47. The Morgan fingerprint density at radius 3 is 1.97 bits per heavy atom.